The van der Waals surface area contributed by atoms with Gasteiger partial charge in [-0.15, -0.1) is 0 Å². The Morgan fingerprint density at radius 3 is 2.56 bits per heavy atom. The standard InChI is InChI=1S/C29H27ClN2O6S/c1-5-13-37-20-11-12-21(16(3)15-20)24(33)22-23(18-7-9-19(30)10-8-18)32(27(35)25(22)34)29-31-17(4)26(39-29)28(36)38-14-6-2/h6-12,15,23,33H,2,5,13-14H2,1,3-4H3/t23-/m0/s1. The van der Waals surface area contributed by atoms with E-state index in [4.69, 9.17) is 21.1 Å². The van der Waals surface area contributed by atoms with Gasteiger partial charge in [-0.1, -0.05) is 54.6 Å². The Labute approximate surface area is 235 Å². The van der Waals surface area contributed by atoms with E-state index in [2.05, 4.69) is 11.6 Å². The Kier molecular flexibility index (Phi) is 8.52. The molecule has 2 aromatic carbocycles. The van der Waals surface area contributed by atoms with Crippen LogP contribution in [0.15, 0.2) is 60.7 Å². The number of aliphatic hydroxyl groups is 1. The van der Waals surface area contributed by atoms with Crippen LogP contribution in [0.25, 0.3) is 5.76 Å². The summed E-state index contributed by atoms with van der Waals surface area (Å²) in [5.74, 6) is -2.06. The van der Waals surface area contributed by atoms with Crippen molar-refractivity contribution in [2.24, 2.45) is 0 Å². The Balaban J connectivity index is 1.85. The predicted molar refractivity (Wildman–Crippen MR) is 151 cm³/mol. The maximum Gasteiger partial charge on any atom is 0.350 e. The molecule has 1 fully saturated rings. The van der Waals surface area contributed by atoms with Crippen LogP contribution < -0.4 is 9.64 Å². The summed E-state index contributed by atoms with van der Waals surface area (Å²) >= 11 is 7.04. The van der Waals surface area contributed by atoms with Gasteiger partial charge < -0.3 is 14.6 Å². The molecule has 1 N–H and O–H groups in total. The average Bonchev–Trinajstić information content (AvgIpc) is 3.42. The molecule has 4 rings (SSSR count). The number of benzene rings is 2. The highest BCUT2D eigenvalue weighted by molar-refractivity contribution is 7.17. The number of aryl methyl sites for hydroxylation is 2. The van der Waals surface area contributed by atoms with E-state index in [1.165, 1.54) is 11.0 Å². The van der Waals surface area contributed by atoms with Crippen LogP contribution >= 0.6 is 22.9 Å². The van der Waals surface area contributed by atoms with E-state index < -0.39 is 23.7 Å². The molecule has 0 unspecified atom stereocenters. The summed E-state index contributed by atoms with van der Waals surface area (Å²) in [5.41, 5.74) is 1.83. The molecule has 0 saturated carbocycles. The molecule has 1 atom stereocenters. The molecule has 202 valence electrons. The molecule has 0 bridgehead atoms. The molecule has 1 aliphatic rings. The van der Waals surface area contributed by atoms with E-state index in [-0.39, 0.29) is 27.9 Å². The van der Waals surface area contributed by atoms with Crippen LogP contribution in [0, 0.1) is 13.8 Å². The lowest BCUT2D eigenvalue weighted by molar-refractivity contribution is -0.132. The first-order valence-corrected chi connectivity index (χ1v) is 13.4. The van der Waals surface area contributed by atoms with Crippen LogP contribution in [-0.4, -0.2) is 41.0 Å². The molecule has 1 amide bonds. The molecular weight excluding hydrogens is 540 g/mol. The largest absolute Gasteiger partial charge is 0.507 e. The second-order valence-electron chi connectivity index (χ2n) is 8.84. The summed E-state index contributed by atoms with van der Waals surface area (Å²) in [7, 11) is 0. The van der Waals surface area contributed by atoms with Crippen molar-refractivity contribution < 1.29 is 29.0 Å². The number of rotatable bonds is 9. The van der Waals surface area contributed by atoms with E-state index in [1.807, 2.05) is 6.92 Å². The van der Waals surface area contributed by atoms with Gasteiger partial charge in [0, 0.05) is 10.6 Å². The van der Waals surface area contributed by atoms with E-state index in [9.17, 15) is 19.5 Å². The fourth-order valence-electron chi connectivity index (χ4n) is 4.22. The van der Waals surface area contributed by atoms with Crippen LogP contribution in [0.4, 0.5) is 5.13 Å². The number of nitrogens with zero attached hydrogens (tertiary/aromatic N) is 2. The number of amides is 1. The third-order valence-corrected chi connectivity index (χ3v) is 7.45. The van der Waals surface area contributed by atoms with Crippen molar-refractivity contribution in [1.82, 2.24) is 4.98 Å². The van der Waals surface area contributed by atoms with Gasteiger partial charge in [0.15, 0.2) is 5.13 Å². The molecule has 1 saturated heterocycles. The molecule has 8 nitrogen and oxygen atoms in total. The summed E-state index contributed by atoms with van der Waals surface area (Å²) in [6, 6.07) is 10.7. The SMILES string of the molecule is C=CCOC(=O)c1sc(N2C(=O)C(=O)C(=C(O)c3ccc(OCCC)cc3C)[C@@H]2c2ccc(Cl)cc2)nc1C. The molecule has 39 heavy (non-hydrogen) atoms. The molecule has 2 heterocycles. The Morgan fingerprint density at radius 1 is 1.21 bits per heavy atom. The number of aliphatic hydroxyl groups excluding tert-OH is 1. The summed E-state index contributed by atoms with van der Waals surface area (Å²) < 4.78 is 10.8. The van der Waals surface area contributed by atoms with Crippen molar-refractivity contribution >= 4 is 51.5 Å². The lowest BCUT2D eigenvalue weighted by Gasteiger charge is -2.23. The van der Waals surface area contributed by atoms with Gasteiger partial charge in [-0.05, 0) is 61.7 Å². The lowest BCUT2D eigenvalue weighted by atomic mass is 9.94. The fraction of sp³-hybridized carbons (Fsp3) is 0.241. The smallest absolute Gasteiger partial charge is 0.350 e. The van der Waals surface area contributed by atoms with Crippen LogP contribution in [0.3, 0.4) is 0 Å². The van der Waals surface area contributed by atoms with E-state index in [1.54, 1.807) is 56.3 Å². The zero-order valence-corrected chi connectivity index (χ0v) is 23.3. The average molecular weight is 567 g/mol. The van der Waals surface area contributed by atoms with Crippen molar-refractivity contribution in [2.75, 3.05) is 18.1 Å². The first-order valence-electron chi connectivity index (χ1n) is 12.2. The predicted octanol–water partition coefficient (Wildman–Crippen LogP) is 6.17. The minimum Gasteiger partial charge on any atom is -0.507 e. The third-order valence-electron chi connectivity index (χ3n) is 6.07. The molecule has 1 aromatic heterocycles. The fourth-order valence-corrected chi connectivity index (χ4v) is 5.34. The monoisotopic (exact) mass is 566 g/mol. The van der Waals surface area contributed by atoms with Gasteiger partial charge in [0.25, 0.3) is 5.78 Å². The first-order chi connectivity index (χ1) is 18.7. The molecule has 0 spiro atoms. The molecule has 0 aliphatic carbocycles. The van der Waals surface area contributed by atoms with E-state index in [0.29, 0.717) is 39.8 Å². The van der Waals surface area contributed by atoms with Crippen LogP contribution in [0.2, 0.25) is 5.02 Å². The number of aromatic nitrogens is 1. The van der Waals surface area contributed by atoms with E-state index in [0.717, 1.165) is 17.8 Å². The van der Waals surface area contributed by atoms with Crippen molar-refractivity contribution in [1.29, 1.82) is 0 Å². The van der Waals surface area contributed by atoms with Crippen LogP contribution in [-0.2, 0) is 14.3 Å². The molecule has 10 heteroatoms. The summed E-state index contributed by atoms with van der Waals surface area (Å²) in [4.78, 5) is 45.3. The van der Waals surface area contributed by atoms with Gasteiger partial charge in [-0.2, -0.15) is 0 Å². The molecular formula is C29H27ClN2O6S. The number of carbonyl (C=O) groups is 3. The molecule has 0 radical (unpaired) electrons. The minimum absolute atomic E-state index is 0.0163. The second-order valence-corrected chi connectivity index (χ2v) is 10.3. The number of carbonyl (C=O) groups excluding carboxylic acids is 3. The van der Waals surface area contributed by atoms with Gasteiger partial charge in [-0.3, -0.25) is 14.5 Å². The Hall–Kier alpha value is -3.95. The van der Waals surface area contributed by atoms with Crippen molar-refractivity contribution in [3.8, 4) is 5.75 Å². The van der Waals surface area contributed by atoms with Gasteiger partial charge >= 0.3 is 11.9 Å². The quantitative estimate of drug-likeness (QED) is 0.108. The summed E-state index contributed by atoms with van der Waals surface area (Å²) in [5, 5.41) is 12.1. The number of thiazole rings is 1. The molecule has 1 aliphatic heterocycles. The first kappa shape index (κ1) is 28.1. The number of halogens is 1. The second kappa shape index (κ2) is 11.8. The topological polar surface area (TPSA) is 106 Å². The van der Waals surface area contributed by atoms with Crippen molar-refractivity contribution in [3.63, 3.8) is 0 Å². The number of Topliss-reactive ketones (excluding diaryl/α,β-unsaturated/α-hetero) is 1. The number of anilines is 1. The molecule has 3 aromatic rings. The zero-order valence-electron chi connectivity index (χ0n) is 21.7. The van der Waals surface area contributed by atoms with E-state index >= 15 is 0 Å². The highest BCUT2D eigenvalue weighted by atomic mass is 35.5. The summed E-state index contributed by atoms with van der Waals surface area (Å²) in [6.07, 6.45) is 2.29. The summed E-state index contributed by atoms with van der Waals surface area (Å²) in [6.45, 7) is 9.49. The minimum atomic E-state index is -1.01. The van der Waals surface area contributed by atoms with Gasteiger partial charge in [0.05, 0.1) is 23.9 Å². The maximum absolute atomic E-state index is 13.5. The van der Waals surface area contributed by atoms with Crippen LogP contribution in [0.5, 0.6) is 5.75 Å². The number of ketones is 1. The zero-order chi connectivity index (χ0) is 28.3. The Morgan fingerprint density at radius 2 is 1.92 bits per heavy atom. The highest BCUT2D eigenvalue weighted by Crippen LogP contribution is 2.44. The number of hydrogen-bond acceptors (Lipinski definition) is 8. The lowest BCUT2D eigenvalue weighted by Crippen LogP contribution is -2.29. The Bertz CT molecular complexity index is 1480. The number of esters is 1. The normalized spacial score (nSPS) is 16.4. The van der Waals surface area contributed by atoms with Crippen LogP contribution in [0.1, 0.15) is 51.4 Å². The van der Waals surface area contributed by atoms with Gasteiger partial charge in [0.2, 0.25) is 0 Å². The number of hydrogen-bond donors (Lipinski definition) is 1. The van der Waals surface area contributed by atoms with Gasteiger partial charge in [-0.25, -0.2) is 9.78 Å². The third kappa shape index (κ3) is 5.60. The van der Waals surface area contributed by atoms with Crippen molar-refractivity contribution in [2.45, 2.75) is 33.2 Å². The van der Waals surface area contributed by atoms with Gasteiger partial charge in [0.1, 0.15) is 23.0 Å². The maximum atomic E-state index is 13.5. The van der Waals surface area contributed by atoms with Crippen molar-refractivity contribution in [3.05, 3.63) is 93.0 Å². The number of ether oxygens (including phenoxy) is 2. The highest BCUT2D eigenvalue weighted by Gasteiger charge is 2.48.